The maximum absolute atomic E-state index is 12.1. The number of rotatable bonds is 8. The van der Waals surface area contributed by atoms with Crippen molar-refractivity contribution >= 4 is 16.8 Å². The van der Waals surface area contributed by atoms with Gasteiger partial charge in [0, 0.05) is 30.3 Å². The predicted molar refractivity (Wildman–Crippen MR) is 89.3 cm³/mol. The van der Waals surface area contributed by atoms with Gasteiger partial charge in [0.15, 0.2) is 0 Å². The summed E-state index contributed by atoms with van der Waals surface area (Å²) < 4.78 is 5.42. The number of para-hydroxylation sites is 1. The third-order valence-electron chi connectivity index (χ3n) is 4.26. The Balaban J connectivity index is 1.45. The highest BCUT2D eigenvalue weighted by atomic mass is 16.5. The second kappa shape index (κ2) is 7.15. The Morgan fingerprint density at radius 3 is 3.09 bits per heavy atom. The van der Waals surface area contributed by atoms with Gasteiger partial charge in [0.05, 0.1) is 19.1 Å². The van der Waals surface area contributed by atoms with Crippen molar-refractivity contribution in [2.24, 2.45) is 5.92 Å². The third-order valence-corrected chi connectivity index (χ3v) is 4.26. The van der Waals surface area contributed by atoms with Crippen LogP contribution in [-0.2, 0) is 16.0 Å². The van der Waals surface area contributed by atoms with Crippen LogP contribution in [0.15, 0.2) is 24.4 Å². The first-order valence-electron chi connectivity index (χ1n) is 8.21. The second-order valence-corrected chi connectivity index (χ2v) is 6.43. The predicted octanol–water partition coefficient (Wildman–Crippen LogP) is 1.92. The van der Waals surface area contributed by atoms with Crippen molar-refractivity contribution < 1.29 is 14.6 Å². The van der Waals surface area contributed by atoms with Crippen molar-refractivity contribution in [3.8, 4) is 0 Å². The maximum Gasteiger partial charge on any atom is 0.224 e. The third kappa shape index (κ3) is 4.33. The first-order valence-corrected chi connectivity index (χ1v) is 8.21. The standard InChI is InChI=1S/C18H24N2O3/c1-12-3-2-4-16-14(8-20-18(12)16)7-17(22)19-9-15(21)11-23-10-13-5-6-13/h2-4,8,13,15,20-21H,5-7,9-11H2,1H3,(H,19,22). The molecule has 5 heteroatoms. The number of H-pyrrole nitrogens is 1. The molecule has 0 bridgehead atoms. The van der Waals surface area contributed by atoms with Gasteiger partial charge in [-0.1, -0.05) is 18.2 Å². The van der Waals surface area contributed by atoms with Gasteiger partial charge in [-0.05, 0) is 36.8 Å². The summed E-state index contributed by atoms with van der Waals surface area (Å²) in [4.78, 5) is 15.3. The van der Waals surface area contributed by atoms with E-state index in [4.69, 9.17) is 4.74 Å². The van der Waals surface area contributed by atoms with E-state index in [1.54, 1.807) is 0 Å². The Kier molecular flexibility index (Phi) is 4.98. The molecule has 1 fully saturated rings. The number of carbonyl (C=O) groups excluding carboxylic acids is 1. The van der Waals surface area contributed by atoms with Crippen molar-refractivity contribution in [1.29, 1.82) is 0 Å². The molecule has 1 heterocycles. The molecular weight excluding hydrogens is 292 g/mol. The number of nitrogens with one attached hydrogen (secondary N) is 2. The van der Waals surface area contributed by atoms with Crippen LogP contribution in [0.25, 0.3) is 10.9 Å². The van der Waals surface area contributed by atoms with E-state index >= 15 is 0 Å². The lowest BCUT2D eigenvalue weighted by Gasteiger charge is -2.12. The van der Waals surface area contributed by atoms with E-state index in [0.717, 1.165) is 28.6 Å². The van der Waals surface area contributed by atoms with Gasteiger partial charge in [-0.2, -0.15) is 0 Å². The summed E-state index contributed by atoms with van der Waals surface area (Å²) in [5.74, 6) is 0.593. The highest BCUT2D eigenvalue weighted by molar-refractivity contribution is 5.90. The van der Waals surface area contributed by atoms with Gasteiger partial charge in [0.1, 0.15) is 0 Å². The molecule has 1 unspecified atom stereocenters. The Morgan fingerprint density at radius 2 is 2.30 bits per heavy atom. The van der Waals surface area contributed by atoms with Crippen LogP contribution in [0, 0.1) is 12.8 Å². The van der Waals surface area contributed by atoms with Gasteiger partial charge < -0.3 is 20.1 Å². The van der Waals surface area contributed by atoms with Crippen molar-refractivity contribution in [1.82, 2.24) is 10.3 Å². The molecule has 5 nitrogen and oxygen atoms in total. The highest BCUT2D eigenvalue weighted by Crippen LogP contribution is 2.28. The summed E-state index contributed by atoms with van der Waals surface area (Å²) in [5.41, 5.74) is 3.21. The van der Waals surface area contributed by atoms with E-state index in [9.17, 15) is 9.90 Å². The van der Waals surface area contributed by atoms with Crippen molar-refractivity contribution in [2.75, 3.05) is 19.8 Å². The topological polar surface area (TPSA) is 74.3 Å². The van der Waals surface area contributed by atoms with Crippen LogP contribution in [0.1, 0.15) is 24.0 Å². The monoisotopic (exact) mass is 316 g/mol. The lowest BCUT2D eigenvalue weighted by Crippen LogP contribution is -2.35. The Bertz CT molecular complexity index is 676. The van der Waals surface area contributed by atoms with Gasteiger partial charge in [0.2, 0.25) is 5.91 Å². The van der Waals surface area contributed by atoms with Gasteiger partial charge in [-0.15, -0.1) is 0 Å². The van der Waals surface area contributed by atoms with E-state index in [2.05, 4.69) is 10.3 Å². The van der Waals surface area contributed by atoms with E-state index in [0.29, 0.717) is 12.3 Å². The van der Waals surface area contributed by atoms with Crippen molar-refractivity contribution in [3.05, 3.63) is 35.5 Å². The molecule has 0 saturated heterocycles. The number of aromatic amines is 1. The molecule has 1 saturated carbocycles. The lowest BCUT2D eigenvalue weighted by molar-refractivity contribution is -0.121. The molecule has 1 aromatic heterocycles. The zero-order valence-electron chi connectivity index (χ0n) is 13.5. The minimum absolute atomic E-state index is 0.0892. The summed E-state index contributed by atoms with van der Waals surface area (Å²) in [5, 5.41) is 13.7. The fraction of sp³-hybridized carbons (Fsp3) is 0.500. The van der Waals surface area contributed by atoms with Crippen LogP contribution < -0.4 is 5.32 Å². The number of fused-ring (bicyclic) bond motifs is 1. The summed E-state index contributed by atoms with van der Waals surface area (Å²) in [6.07, 6.45) is 4.00. The Hall–Kier alpha value is -1.85. The first-order chi connectivity index (χ1) is 11.1. The number of amides is 1. The molecule has 1 aliphatic rings. The number of aliphatic hydroxyl groups is 1. The molecule has 3 rings (SSSR count). The maximum atomic E-state index is 12.1. The van der Waals surface area contributed by atoms with Crippen molar-refractivity contribution in [3.63, 3.8) is 0 Å². The smallest absolute Gasteiger partial charge is 0.224 e. The van der Waals surface area contributed by atoms with Gasteiger partial charge >= 0.3 is 0 Å². The minimum Gasteiger partial charge on any atom is -0.389 e. The first kappa shape index (κ1) is 16.0. The summed E-state index contributed by atoms with van der Waals surface area (Å²) >= 11 is 0. The van der Waals surface area contributed by atoms with Crippen LogP contribution in [-0.4, -0.2) is 41.9 Å². The molecule has 0 spiro atoms. The number of aliphatic hydroxyl groups excluding tert-OH is 1. The van der Waals surface area contributed by atoms with Crippen molar-refractivity contribution in [2.45, 2.75) is 32.3 Å². The molecule has 23 heavy (non-hydrogen) atoms. The number of benzene rings is 1. The van der Waals surface area contributed by atoms with Gasteiger partial charge in [-0.3, -0.25) is 4.79 Å². The molecule has 2 aromatic rings. The molecule has 0 aliphatic heterocycles. The number of aromatic nitrogens is 1. The molecule has 1 aliphatic carbocycles. The minimum atomic E-state index is -0.650. The van der Waals surface area contributed by atoms with E-state index in [1.807, 2.05) is 31.3 Å². The zero-order valence-corrected chi connectivity index (χ0v) is 13.5. The van der Waals surface area contributed by atoms with Gasteiger partial charge in [0.25, 0.3) is 0 Å². The van der Waals surface area contributed by atoms with E-state index in [1.165, 1.54) is 12.8 Å². The molecule has 3 N–H and O–H groups in total. The van der Waals surface area contributed by atoms with E-state index < -0.39 is 6.10 Å². The average molecular weight is 316 g/mol. The SMILES string of the molecule is Cc1cccc2c(CC(=O)NCC(O)COCC3CC3)c[nH]c12. The number of hydrogen-bond acceptors (Lipinski definition) is 3. The van der Waals surface area contributed by atoms with Gasteiger partial charge in [-0.25, -0.2) is 0 Å². The highest BCUT2D eigenvalue weighted by Gasteiger charge is 2.21. The van der Waals surface area contributed by atoms with Crippen LogP contribution in [0.5, 0.6) is 0 Å². The number of carbonyl (C=O) groups is 1. The van der Waals surface area contributed by atoms with E-state index in [-0.39, 0.29) is 19.1 Å². The average Bonchev–Trinajstić information content (AvgIpc) is 3.26. The Morgan fingerprint density at radius 1 is 1.48 bits per heavy atom. The lowest BCUT2D eigenvalue weighted by atomic mass is 10.1. The molecule has 0 radical (unpaired) electrons. The summed E-state index contributed by atoms with van der Waals surface area (Å²) in [6, 6.07) is 6.05. The number of aryl methyl sites for hydroxylation is 1. The summed E-state index contributed by atoms with van der Waals surface area (Å²) in [7, 11) is 0. The fourth-order valence-electron chi connectivity index (χ4n) is 2.69. The molecule has 1 atom stereocenters. The fourth-order valence-corrected chi connectivity index (χ4v) is 2.69. The quantitative estimate of drug-likeness (QED) is 0.696. The molecular formula is C18H24N2O3. The summed E-state index contributed by atoms with van der Waals surface area (Å²) in [6.45, 7) is 3.27. The van der Waals surface area contributed by atoms with Crippen LogP contribution in [0.3, 0.4) is 0 Å². The second-order valence-electron chi connectivity index (χ2n) is 6.43. The van der Waals surface area contributed by atoms with Crippen LogP contribution >= 0.6 is 0 Å². The Labute approximate surface area is 136 Å². The molecule has 1 aromatic carbocycles. The van der Waals surface area contributed by atoms with Crippen LogP contribution in [0.4, 0.5) is 0 Å². The molecule has 1 amide bonds. The normalized spacial score (nSPS) is 15.7. The largest absolute Gasteiger partial charge is 0.389 e. The number of hydrogen-bond donors (Lipinski definition) is 3. The molecule has 124 valence electrons. The van der Waals surface area contributed by atoms with Crippen LogP contribution in [0.2, 0.25) is 0 Å². The zero-order chi connectivity index (χ0) is 16.2. The number of ether oxygens (including phenoxy) is 1.